The van der Waals surface area contributed by atoms with Crippen LogP contribution in [0.2, 0.25) is 0 Å². The highest BCUT2D eigenvalue weighted by molar-refractivity contribution is 7.98. The van der Waals surface area contributed by atoms with Crippen LogP contribution in [0.3, 0.4) is 0 Å². The molecule has 24 heavy (non-hydrogen) atoms. The third kappa shape index (κ3) is 3.27. The van der Waals surface area contributed by atoms with Crippen LogP contribution in [0.25, 0.3) is 10.7 Å². The number of nitrogens with zero attached hydrogens (tertiary/aromatic N) is 5. The Labute approximate surface area is 148 Å². The monoisotopic (exact) mass is 355 g/mol. The second-order valence-electron chi connectivity index (χ2n) is 5.66. The van der Waals surface area contributed by atoms with Crippen molar-refractivity contribution >= 4 is 23.1 Å². The van der Waals surface area contributed by atoms with Crippen LogP contribution in [0.5, 0.6) is 0 Å². The van der Waals surface area contributed by atoms with E-state index >= 15 is 0 Å². The van der Waals surface area contributed by atoms with Crippen molar-refractivity contribution in [3.05, 3.63) is 53.9 Å². The Morgan fingerprint density at radius 1 is 1.33 bits per heavy atom. The van der Waals surface area contributed by atoms with Crippen LogP contribution < -0.4 is 0 Å². The van der Waals surface area contributed by atoms with Gasteiger partial charge < -0.3 is 4.57 Å². The predicted octanol–water partition coefficient (Wildman–Crippen LogP) is 4.15. The fourth-order valence-electron chi connectivity index (χ4n) is 2.47. The number of allylic oxidation sites excluding steroid dienone is 1. The minimum absolute atomic E-state index is 0.585. The lowest BCUT2D eigenvalue weighted by atomic mass is 10.4. The molecule has 0 N–H and O–H groups in total. The molecule has 3 aromatic rings. The summed E-state index contributed by atoms with van der Waals surface area (Å²) < 4.78 is 2.18. The van der Waals surface area contributed by atoms with Crippen LogP contribution in [0, 0.1) is 0 Å². The molecule has 0 unspecified atom stereocenters. The van der Waals surface area contributed by atoms with Crippen LogP contribution in [-0.2, 0) is 12.3 Å². The van der Waals surface area contributed by atoms with Gasteiger partial charge in [-0.25, -0.2) is 4.98 Å². The molecule has 0 amide bonds. The first-order chi connectivity index (χ1) is 11.8. The van der Waals surface area contributed by atoms with Crippen molar-refractivity contribution in [2.45, 2.75) is 36.2 Å². The van der Waals surface area contributed by atoms with E-state index in [0.717, 1.165) is 39.7 Å². The zero-order chi connectivity index (χ0) is 16.4. The smallest absolute Gasteiger partial charge is 0.191 e. The molecule has 0 spiro atoms. The lowest BCUT2D eigenvalue weighted by Crippen LogP contribution is -2.02. The molecule has 4 rings (SSSR count). The number of aromatic nitrogens is 5. The van der Waals surface area contributed by atoms with Crippen molar-refractivity contribution in [2.75, 3.05) is 0 Å². The summed E-state index contributed by atoms with van der Waals surface area (Å²) in [6.45, 7) is 4.61. The third-order valence-electron chi connectivity index (χ3n) is 3.78. The van der Waals surface area contributed by atoms with Crippen molar-refractivity contribution in [1.29, 1.82) is 0 Å². The Morgan fingerprint density at radius 3 is 3.00 bits per heavy atom. The highest BCUT2D eigenvalue weighted by Gasteiger charge is 2.30. The fraction of sp³-hybridized carbons (Fsp3) is 0.294. The lowest BCUT2D eigenvalue weighted by molar-refractivity contribution is 0.681. The second-order valence-corrected chi connectivity index (χ2v) is 7.46. The Balaban J connectivity index is 1.47. The summed E-state index contributed by atoms with van der Waals surface area (Å²) in [4.78, 5) is 9.04. The molecule has 1 aliphatic carbocycles. The van der Waals surface area contributed by atoms with Gasteiger partial charge in [-0.2, -0.15) is 0 Å². The van der Waals surface area contributed by atoms with Crippen LogP contribution >= 0.6 is 23.1 Å². The van der Waals surface area contributed by atoms with Gasteiger partial charge in [-0.15, -0.1) is 28.1 Å². The number of hydrogen-bond acceptors (Lipinski definition) is 6. The predicted molar refractivity (Wildman–Crippen MR) is 97.1 cm³/mol. The van der Waals surface area contributed by atoms with E-state index in [4.69, 9.17) is 0 Å². The molecule has 0 aliphatic heterocycles. The second kappa shape index (κ2) is 6.86. The van der Waals surface area contributed by atoms with E-state index in [1.54, 1.807) is 29.3 Å². The SMILES string of the molecule is C=CCn1c(SCc2csc(-c3ccccn3)n2)nnc1C1CC1. The van der Waals surface area contributed by atoms with Crippen molar-refractivity contribution in [3.63, 3.8) is 0 Å². The summed E-state index contributed by atoms with van der Waals surface area (Å²) >= 11 is 3.31. The highest BCUT2D eigenvalue weighted by Crippen LogP contribution is 2.40. The van der Waals surface area contributed by atoms with E-state index in [0.29, 0.717) is 5.92 Å². The topological polar surface area (TPSA) is 56.5 Å². The number of thioether (sulfide) groups is 1. The summed E-state index contributed by atoms with van der Waals surface area (Å²) in [5, 5.41) is 12.7. The zero-order valence-electron chi connectivity index (χ0n) is 13.1. The van der Waals surface area contributed by atoms with E-state index < -0.39 is 0 Å². The van der Waals surface area contributed by atoms with Gasteiger partial charge in [0, 0.05) is 29.8 Å². The Morgan fingerprint density at radius 2 is 2.25 bits per heavy atom. The van der Waals surface area contributed by atoms with Crippen molar-refractivity contribution in [3.8, 4) is 10.7 Å². The number of pyridine rings is 1. The minimum Gasteiger partial charge on any atom is -0.302 e. The molecule has 122 valence electrons. The molecular weight excluding hydrogens is 338 g/mol. The van der Waals surface area contributed by atoms with Crippen LogP contribution in [0.4, 0.5) is 0 Å². The number of rotatable bonds is 7. The molecule has 5 nitrogen and oxygen atoms in total. The maximum absolute atomic E-state index is 4.68. The normalized spacial score (nSPS) is 14.0. The molecule has 1 fully saturated rings. The van der Waals surface area contributed by atoms with Crippen LogP contribution in [-0.4, -0.2) is 24.7 Å². The van der Waals surface area contributed by atoms with E-state index in [9.17, 15) is 0 Å². The quantitative estimate of drug-likeness (QED) is 0.471. The number of hydrogen-bond donors (Lipinski definition) is 0. The maximum Gasteiger partial charge on any atom is 0.191 e. The van der Waals surface area contributed by atoms with Crippen molar-refractivity contribution in [2.24, 2.45) is 0 Å². The Bertz CT molecular complexity index is 836. The molecule has 3 heterocycles. The molecule has 0 bridgehead atoms. The van der Waals surface area contributed by atoms with E-state index in [-0.39, 0.29) is 0 Å². The fourth-order valence-corrected chi connectivity index (χ4v) is 4.22. The van der Waals surface area contributed by atoms with Crippen LogP contribution in [0.15, 0.2) is 47.6 Å². The maximum atomic E-state index is 4.68. The van der Waals surface area contributed by atoms with Gasteiger partial charge in [-0.3, -0.25) is 4.98 Å². The summed E-state index contributed by atoms with van der Waals surface area (Å²) in [7, 11) is 0. The largest absolute Gasteiger partial charge is 0.302 e. The highest BCUT2D eigenvalue weighted by atomic mass is 32.2. The summed E-state index contributed by atoms with van der Waals surface area (Å²) in [5.74, 6) is 2.47. The zero-order valence-corrected chi connectivity index (χ0v) is 14.8. The Kier molecular flexibility index (Phi) is 4.44. The molecule has 7 heteroatoms. The first-order valence-corrected chi connectivity index (χ1v) is 9.74. The standard InChI is InChI=1S/C17H17N5S2/c1-2-9-22-15(12-6-7-12)20-21-17(22)24-11-13-10-23-16(19-13)14-5-3-4-8-18-14/h2-5,8,10,12H,1,6-7,9,11H2. The molecule has 0 saturated heterocycles. The van der Waals surface area contributed by atoms with Crippen LogP contribution in [0.1, 0.15) is 30.3 Å². The minimum atomic E-state index is 0.585. The van der Waals surface area contributed by atoms with Gasteiger partial charge >= 0.3 is 0 Å². The van der Waals surface area contributed by atoms with E-state index in [1.165, 1.54) is 12.8 Å². The number of thiazole rings is 1. The molecule has 0 aromatic carbocycles. The average Bonchev–Trinajstić information content (AvgIpc) is 3.21. The first-order valence-electron chi connectivity index (χ1n) is 7.87. The van der Waals surface area contributed by atoms with Gasteiger partial charge in [0.2, 0.25) is 0 Å². The van der Waals surface area contributed by atoms with Gasteiger partial charge in [-0.1, -0.05) is 23.9 Å². The van der Waals surface area contributed by atoms with Crippen molar-refractivity contribution < 1.29 is 0 Å². The van der Waals surface area contributed by atoms with Gasteiger partial charge in [0.15, 0.2) is 5.16 Å². The third-order valence-corrected chi connectivity index (χ3v) is 5.70. The molecule has 0 radical (unpaired) electrons. The Hall–Kier alpha value is -1.99. The summed E-state index contributed by atoms with van der Waals surface area (Å²) in [6.07, 6.45) is 6.14. The lowest BCUT2D eigenvalue weighted by Gasteiger charge is -2.06. The van der Waals surface area contributed by atoms with Crippen molar-refractivity contribution in [1.82, 2.24) is 24.7 Å². The van der Waals surface area contributed by atoms with Gasteiger partial charge in [0.05, 0.1) is 11.4 Å². The van der Waals surface area contributed by atoms with E-state index in [1.807, 2.05) is 24.3 Å². The molecule has 1 aliphatic rings. The molecule has 3 aromatic heterocycles. The molecule has 0 atom stereocenters. The van der Waals surface area contributed by atoms with E-state index in [2.05, 4.69) is 36.7 Å². The molecule has 1 saturated carbocycles. The van der Waals surface area contributed by atoms with Gasteiger partial charge in [0.25, 0.3) is 0 Å². The first kappa shape index (κ1) is 15.5. The summed E-state index contributed by atoms with van der Waals surface area (Å²) in [5.41, 5.74) is 1.97. The average molecular weight is 355 g/mol. The van der Waals surface area contributed by atoms with Gasteiger partial charge in [-0.05, 0) is 25.0 Å². The van der Waals surface area contributed by atoms with Gasteiger partial charge in [0.1, 0.15) is 10.8 Å². The molecular formula is C17H17N5S2. The summed E-state index contributed by atoms with van der Waals surface area (Å²) in [6, 6.07) is 5.88.